The number of alkyl halides is 3. The van der Waals surface area contributed by atoms with Crippen molar-refractivity contribution in [3.63, 3.8) is 0 Å². The maximum absolute atomic E-state index is 13.1. The van der Waals surface area contributed by atoms with Crippen molar-refractivity contribution < 1.29 is 36.8 Å². The zero-order chi connectivity index (χ0) is 21.9. The van der Waals surface area contributed by atoms with Gasteiger partial charge in [0.05, 0.1) is 11.5 Å². The smallest absolute Gasteiger partial charge is 0.450 e. The van der Waals surface area contributed by atoms with Gasteiger partial charge in [0, 0.05) is 17.2 Å². The van der Waals surface area contributed by atoms with Crippen LogP contribution in [-0.2, 0) is 10.9 Å². The van der Waals surface area contributed by atoms with Crippen molar-refractivity contribution in [2.75, 3.05) is 11.9 Å². The Bertz CT molecular complexity index is 1040. The fraction of sp³-hybridized carbons (Fsp3) is 0.235. The molecule has 0 atom stereocenters. The molecule has 1 aromatic carbocycles. The van der Waals surface area contributed by atoms with Gasteiger partial charge in [-0.2, -0.15) is 13.2 Å². The van der Waals surface area contributed by atoms with E-state index >= 15 is 0 Å². The highest BCUT2D eigenvalue weighted by atomic mass is 19.4. The molecule has 0 aliphatic heterocycles. The molecule has 0 fully saturated rings. The number of amides is 1. The summed E-state index contributed by atoms with van der Waals surface area (Å²) in [6.07, 6.45) is -5.15. The second-order valence-corrected chi connectivity index (χ2v) is 5.62. The summed E-state index contributed by atoms with van der Waals surface area (Å²) in [7, 11) is 0. The number of carbonyl (C=O) groups excluding carboxylic acids is 2. The third-order valence-corrected chi connectivity index (χ3v) is 3.60. The number of rotatable bonds is 5. The number of benzene rings is 1. The van der Waals surface area contributed by atoms with Crippen LogP contribution >= 0.6 is 0 Å². The van der Waals surface area contributed by atoms with E-state index in [1.165, 1.54) is 13.8 Å². The topological polar surface area (TPSA) is 129 Å². The molecule has 2 rings (SSSR count). The normalized spacial score (nSPS) is 11.1. The Morgan fingerprint density at radius 3 is 2.45 bits per heavy atom. The number of aryl methyl sites for hydroxylation is 1. The molecule has 1 N–H and O–H groups in total. The number of nitrogens with one attached hydrogen (secondary N) is 1. The Labute approximate surface area is 160 Å². The van der Waals surface area contributed by atoms with Gasteiger partial charge in [-0.05, 0) is 32.0 Å². The first-order valence-electron chi connectivity index (χ1n) is 7.94. The standard InChI is InChI=1S/C17H13F3N2O7/c1-3-28-15(24)10-7-11(16(25)29-13(10)17(18,19)20)21-14(23)9-4-5-12(22(26)27)8(2)6-9/h4-7H,3H2,1-2H3,(H,21,23). The van der Waals surface area contributed by atoms with E-state index in [9.17, 15) is 37.7 Å². The zero-order valence-corrected chi connectivity index (χ0v) is 15.0. The first-order chi connectivity index (χ1) is 13.5. The second kappa shape index (κ2) is 8.12. The van der Waals surface area contributed by atoms with Gasteiger partial charge in [-0.3, -0.25) is 14.9 Å². The molecule has 0 saturated heterocycles. The van der Waals surface area contributed by atoms with E-state index in [1.54, 1.807) is 0 Å². The molecule has 1 heterocycles. The fourth-order valence-electron chi connectivity index (χ4n) is 2.33. The first-order valence-corrected chi connectivity index (χ1v) is 7.94. The third-order valence-electron chi connectivity index (χ3n) is 3.60. The van der Waals surface area contributed by atoms with Crippen molar-refractivity contribution in [2.45, 2.75) is 20.0 Å². The number of carbonyl (C=O) groups is 2. The van der Waals surface area contributed by atoms with Gasteiger partial charge >= 0.3 is 17.8 Å². The average molecular weight is 414 g/mol. The van der Waals surface area contributed by atoms with Crippen molar-refractivity contribution in [1.29, 1.82) is 0 Å². The van der Waals surface area contributed by atoms with E-state index < -0.39 is 45.6 Å². The minimum Gasteiger partial charge on any atom is -0.462 e. The monoisotopic (exact) mass is 414 g/mol. The van der Waals surface area contributed by atoms with Gasteiger partial charge in [0.15, 0.2) is 0 Å². The van der Waals surface area contributed by atoms with E-state index in [1.807, 2.05) is 5.32 Å². The third kappa shape index (κ3) is 4.78. The van der Waals surface area contributed by atoms with E-state index in [4.69, 9.17) is 0 Å². The van der Waals surface area contributed by atoms with Gasteiger partial charge < -0.3 is 14.5 Å². The lowest BCUT2D eigenvalue weighted by Gasteiger charge is -2.12. The number of anilines is 1. The first kappa shape index (κ1) is 21.6. The molecule has 29 heavy (non-hydrogen) atoms. The number of nitro benzene ring substituents is 1. The molecule has 9 nitrogen and oxygen atoms in total. The Balaban J connectivity index is 2.45. The van der Waals surface area contributed by atoms with Crippen molar-refractivity contribution in [1.82, 2.24) is 0 Å². The molecular formula is C17H13F3N2O7. The summed E-state index contributed by atoms with van der Waals surface area (Å²) < 4.78 is 47.9. The number of nitrogens with zero attached hydrogens (tertiary/aromatic N) is 1. The average Bonchev–Trinajstić information content (AvgIpc) is 2.61. The lowest BCUT2D eigenvalue weighted by atomic mass is 10.1. The molecule has 0 bridgehead atoms. The fourth-order valence-corrected chi connectivity index (χ4v) is 2.33. The summed E-state index contributed by atoms with van der Waals surface area (Å²) in [5, 5.41) is 12.8. The maximum Gasteiger partial charge on any atom is 0.450 e. The van der Waals surface area contributed by atoms with Gasteiger partial charge in [0.1, 0.15) is 11.3 Å². The largest absolute Gasteiger partial charge is 0.462 e. The minimum atomic E-state index is -5.15. The Morgan fingerprint density at radius 1 is 1.28 bits per heavy atom. The number of ether oxygens (including phenoxy) is 1. The van der Waals surface area contributed by atoms with Crippen LogP contribution in [0, 0.1) is 17.0 Å². The summed E-state index contributed by atoms with van der Waals surface area (Å²) in [5.74, 6) is -4.21. The molecule has 0 unspecified atom stereocenters. The molecule has 0 spiro atoms. The Hall–Kier alpha value is -3.70. The summed E-state index contributed by atoms with van der Waals surface area (Å²) in [5.41, 5.74) is -3.58. The Kier molecular flexibility index (Phi) is 6.05. The Morgan fingerprint density at radius 2 is 1.93 bits per heavy atom. The van der Waals surface area contributed by atoms with Crippen LogP contribution in [0.3, 0.4) is 0 Å². The second-order valence-electron chi connectivity index (χ2n) is 5.62. The van der Waals surface area contributed by atoms with Crippen molar-refractivity contribution >= 4 is 23.3 Å². The van der Waals surface area contributed by atoms with Crippen LogP contribution in [0.25, 0.3) is 0 Å². The van der Waals surface area contributed by atoms with Crippen LogP contribution < -0.4 is 10.9 Å². The van der Waals surface area contributed by atoms with Gasteiger partial charge in [-0.1, -0.05) is 0 Å². The molecule has 12 heteroatoms. The summed E-state index contributed by atoms with van der Waals surface area (Å²) in [6.45, 7) is 2.50. The number of halogens is 3. The van der Waals surface area contributed by atoms with Gasteiger partial charge in [-0.25, -0.2) is 9.59 Å². The zero-order valence-electron chi connectivity index (χ0n) is 15.0. The quantitative estimate of drug-likeness (QED) is 0.451. The van der Waals surface area contributed by atoms with Gasteiger partial charge in [0.2, 0.25) is 5.76 Å². The molecule has 154 valence electrons. The number of hydrogen-bond acceptors (Lipinski definition) is 7. The van der Waals surface area contributed by atoms with E-state index in [0.29, 0.717) is 6.07 Å². The molecule has 2 aromatic rings. The van der Waals surface area contributed by atoms with Crippen LogP contribution in [0.5, 0.6) is 0 Å². The number of esters is 1. The van der Waals surface area contributed by atoms with Gasteiger partial charge in [-0.15, -0.1) is 0 Å². The molecule has 0 aliphatic rings. The maximum atomic E-state index is 13.1. The van der Waals surface area contributed by atoms with Crippen LogP contribution in [0.1, 0.15) is 39.0 Å². The highest BCUT2D eigenvalue weighted by Crippen LogP contribution is 2.32. The lowest BCUT2D eigenvalue weighted by Crippen LogP contribution is -2.23. The molecule has 1 amide bonds. The summed E-state index contributed by atoms with van der Waals surface area (Å²) in [6, 6.07) is 3.82. The predicted molar refractivity (Wildman–Crippen MR) is 91.7 cm³/mol. The van der Waals surface area contributed by atoms with E-state index in [0.717, 1.165) is 18.2 Å². The SMILES string of the molecule is CCOC(=O)c1cc(NC(=O)c2ccc([N+](=O)[O-])c(C)c2)c(=O)oc1C(F)(F)F. The van der Waals surface area contributed by atoms with Crippen LogP contribution in [0.4, 0.5) is 24.5 Å². The van der Waals surface area contributed by atoms with Crippen LogP contribution in [0.2, 0.25) is 0 Å². The molecule has 0 aliphatic carbocycles. The van der Waals surface area contributed by atoms with E-state index in [-0.39, 0.29) is 23.4 Å². The molecule has 0 saturated carbocycles. The predicted octanol–water partition coefficient (Wildman–Crippen LogP) is 3.30. The number of nitro groups is 1. The molecular weight excluding hydrogens is 401 g/mol. The number of hydrogen-bond donors (Lipinski definition) is 1. The van der Waals surface area contributed by atoms with Gasteiger partial charge in [0.25, 0.3) is 11.6 Å². The summed E-state index contributed by atoms with van der Waals surface area (Å²) >= 11 is 0. The van der Waals surface area contributed by atoms with Crippen molar-refractivity contribution in [3.8, 4) is 0 Å². The molecule has 0 radical (unpaired) electrons. The van der Waals surface area contributed by atoms with E-state index in [2.05, 4.69) is 9.15 Å². The highest BCUT2D eigenvalue weighted by Gasteiger charge is 2.40. The van der Waals surface area contributed by atoms with Crippen LogP contribution in [-0.4, -0.2) is 23.4 Å². The van der Waals surface area contributed by atoms with Crippen molar-refractivity contribution in [2.24, 2.45) is 0 Å². The highest BCUT2D eigenvalue weighted by molar-refractivity contribution is 6.05. The van der Waals surface area contributed by atoms with Crippen molar-refractivity contribution in [3.05, 3.63) is 67.3 Å². The van der Waals surface area contributed by atoms with Crippen LogP contribution in [0.15, 0.2) is 33.5 Å². The molecule has 1 aromatic heterocycles. The lowest BCUT2D eigenvalue weighted by molar-refractivity contribution is -0.385. The summed E-state index contributed by atoms with van der Waals surface area (Å²) in [4.78, 5) is 46.1. The minimum absolute atomic E-state index is 0.106.